The Kier molecular flexibility index (Phi) is 6.64. The minimum Gasteiger partial charge on any atom is -0.338 e. The Labute approximate surface area is 157 Å². The van der Waals surface area contributed by atoms with Gasteiger partial charge in [-0.05, 0) is 30.5 Å². The highest BCUT2D eigenvalue weighted by molar-refractivity contribution is 6.31. The van der Waals surface area contributed by atoms with Crippen LogP contribution in [0.3, 0.4) is 0 Å². The topological polar surface area (TPSA) is 68.3 Å². The van der Waals surface area contributed by atoms with Crippen molar-refractivity contribution in [1.29, 1.82) is 0 Å². The smallest absolute Gasteiger partial charge is 0.255 e. The minimum atomic E-state index is -0.160. The summed E-state index contributed by atoms with van der Waals surface area (Å²) in [5, 5.41) is 0.603. The number of halogens is 2. The van der Waals surface area contributed by atoms with Gasteiger partial charge < -0.3 is 15.2 Å². The van der Waals surface area contributed by atoms with E-state index in [0.29, 0.717) is 30.2 Å². The van der Waals surface area contributed by atoms with Gasteiger partial charge in [-0.2, -0.15) is 0 Å². The monoisotopic (exact) mass is 381 g/mol. The van der Waals surface area contributed by atoms with Gasteiger partial charge in [0.15, 0.2) is 0 Å². The Bertz CT molecular complexity index is 799. The largest absolute Gasteiger partial charge is 0.338 e. The lowest BCUT2D eigenvalue weighted by molar-refractivity contribution is 0.0714. The first-order valence-corrected chi connectivity index (χ1v) is 8.41. The van der Waals surface area contributed by atoms with Gasteiger partial charge in [-0.3, -0.25) is 9.59 Å². The van der Waals surface area contributed by atoms with Crippen molar-refractivity contribution in [3.05, 3.63) is 69.1 Å². The van der Waals surface area contributed by atoms with Gasteiger partial charge in [0.1, 0.15) is 0 Å². The summed E-state index contributed by atoms with van der Waals surface area (Å²) in [5.41, 5.74) is 7.08. The molecule has 1 aromatic carbocycles. The number of aromatic nitrogens is 1. The average molecular weight is 382 g/mol. The number of rotatable bonds is 3. The van der Waals surface area contributed by atoms with Crippen LogP contribution in [0.25, 0.3) is 0 Å². The number of carbonyl (C=O) groups is 1. The van der Waals surface area contributed by atoms with E-state index in [-0.39, 0.29) is 29.9 Å². The van der Waals surface area contributed by atoms with Crippen molar-refractivity contribution < 1.29 is 4.79 Å². The van der Waals surface area contributed by atoms with Gasteiger partial charge >= 0.3 is 0 Å². The van der Waals surface area contributed by atoms with Crippen LogP contribution in [0.1, 0.15) is 28.8 Å². The maximum atomic E-state index is 12.6. The highest BCUT2D eigenvalue weighted by atomic mass is 35.5. The lowest BCUT2D eigenvalue weighted by atomic mass is 10.1. The maximum Gasteiger partial charge on any atom is 0.255 e. The van der Waals surface area contributed by atoms with Gasteiger partial charge in [-0.25, -0.2) is 0 Å². The van der Waals surface area contributed by atoms with E-state index in [0.717, 1.165) is 18.4 Å². The molecule has 1 saturated heterocycles. The number of piperidine rings is 1. The lowest BCUT2D eigenvalue weighted by Crippen LogP contribution is -2.43. The molecule has 0 bridgehead atoms. The van der Waals surface area contributed by atoms with E-state index in [1.54, 1.807) is 23.2 Å². The number of hydrogen-bond donors (Lipinski definition) is 1. The van der Waals surface area contributed by atoms with Crippen LogP contribution in [-0.4, -0.2) is 34.5 Å². The summed E-state index contributed by atoms with van der Waals surface area (Å²) in [4.78, 5) is 26.5. The van der Waals surface area contributed by atoms with Crippen LogP contribution in [0.15, 0.2) is 47.4 Å². The quantitative estimate of drug-likeness (QED) is 0.887. The molecule has 134 valence electrons. The first kappa shape index (κ1) is 19.5. The van der Waals surface area contributed by atoms with E-state index in [4.69, 9.17) is 17.3 Å². The molecule has 0 unspecified atom stereocenters. The van der Waals surface area contributed by atoms with E-state index >= 15 is 0 Å². The standard InChI is InChI=1S/C18H20ClN3O2.ClH/c19-16-4-2-1-3-13(16)11-22-12-14(5-6-17(22)23)18(24)21-9-7-15(20)8-10-21;/h1-6,12,15H,7-11,20H2;1H. The number of nitrogens with zero attached hydrogens (tertiary/aromatic N) is 2. The summed E-state index contributed by atoms with van der Waals surface area (Å²) in [6, 6.07) is 10.6. The molecule has 1 amide bonds. The maximum absolute atomic E-state index is 12.6. The second-order valence-electron chi connectivity index (χ2n) is 6.10. The highest BCUT2D eigenvalue weighted by Gasteiger charge is 2.22. The Balaban J connectivity index is 0.00000225. The molecular formula is C18H21Cl2N3O2. The molecule has 1 aromatic heterocycles. The molecule has 5 nitrogen and oxygen atoms in total. The number of pyridine rings is 1. The molecule has 2 heterocycles. The molecule has 2 aromatic rings. The lowest BCUT2D eigenvalue weighted by Gasteiger charge is -2.30. The summed E-state index contributed by atoms with van der Waals surface area (Å²) in [5.74, 6) is -0.0604. The normalized spacial score (nSPS) is 14.9. The predicted octanol–water partition coefficient (Wildman–Crippen LogP) is 2.54. The van der Waals surface area contributed by atoms with E-state index < -0.39 is 0 Å². The summed E-state index contributed by atoms with van der Waals surface area (Å²) >= 11 is 6.16. The molecule has 0 aliphatic carbocycles. The Morgan fingerprint density at radius 1 is 1.16 bits per heavy atom. The molecule has 2 N–H and O–H groups in total. The first-order chi connectivity index (χ1) is 11.5. The second-order valence-corrected chi connectivity index (χ2v) is 6.51. The zero-order valence-corrected chi connectivity index (χ0v) is 15.3. The molecule has 1 aliphatic rings. The summed E-state index contributed by atoms with van der Waals surface area (Å²) in [7, 11) is 0. The van der Waals surface area contributed by atoms with Crippen molar-refractivity contribution in [2.45, 2.75) is 25.4 Å². The van der Waals surface area contributed by atoms with Crippen LogP contribution in [0, 0.1) is 0 Å². The molecule has 1 fully saturated rings. The molecule has 0 saturated carbocycles. The van der Waals surface area contributed by atoms with E-state index in [1.807, 2.05) is 18.2 Å². The van der Waals surface area contributed by atoms with Crippen LogP contribution < -0.4 is 11.3 Å². The van der Waals surface area contributed by atoms with Crippen molar-refractivity contribution in [2.24, 2.45) is 5.73 Å². The van der Waals surface area contributed by atoms with Crippen molar-refractivity contribution >= 4 is 29.9 Å². The van der Waals surface area contributed by atoms with E-state index in [2.05, 4.69) is 0 Å². The fraction of sp³-hybridized carbons (Fsp3) is 0.333. The van der Waals surface area contributed by atoms with Crippen LogP contribution in [0.4, 0.5) is 0 Å². The number of amides is 1. The zero-order chi connectivity index (χ0) is 17.1. The Hall–Kier alpha value is -1.82. The van der Waals surface area contributed by atoms with Crippen LogP contribution in [-0.2, 0) is 6.54 Å². The fourth-order valence-electron chi connectivity index (χ4n) is 2.88. The van der Waals surface area contributed by atoms with Gasteiger partial charge in [0.05, 0.1) is 12.1 Å². The van der Waals surface area contributed by atoms with Crippen molar-refractivity contribution in [3.8, 4) is 0 Å². The molecule has 1 aliphatic heterocycles. The molecule has 0 radical (unpaired) electrons. The third kappa shape index (κ3) is 4.63. The molecule has 25 heavy (non-hydrogen) atoms. The number of carbonyl (C=O) groups excluding carboxylic acids is 1. The van der Waals surface area contributed by atoms with Gasteiger partial charge in [0.25, 0.3) is 11.5 Å². The molecule has 3 rings (SSSR count). The number of nitrogens with two attached hydrogens (primary N) is 1. The van der Waals surface area contributed by atoms with Crippen molar-refractivity contribution in [1.82, 2.24) is 9.47 Å². The first-order valence-electron chi connectivity index (χ1n) is 8.03. The molecule has 7 heteroatoms. The second kappa shape index (κ2) is 8.52. The van der Waals surface area contributed by atoms with Crippen molar-refractivity contribution in [2.75, 3.05) is 13.1 Å². The third-order valence-corrected chi connectivity index (χ3v) is 4.72. The van der Waals surface area contributed by atoms with Gasteiger partial charge in [0.2, 0.25) is 0 Å². The Morgan fingerprint density at radius 2 is 1.84 bits per heavy atom. The molecule has 0 spiro atoms. The van der Waals surface area contributed by atoms with E-state index in [9.17, 15) is 9.59 Å². The fourth-order valence-corrected chi connectivity index (χ4v) is 3.07. The van der Waals surface area contributed by atoms with E-state index in [1.165, 1.54) is 10.6 Å². The number of likely N-dealkylation sites (tertiary alicyclic amines) is 1. The molecular weight excluding hydrogens is 361 g/mol. The summed E-state index contributed by atoms with van der Waals surface area (Å²) in [6.45, 7) is 1.65. The van der Waals surface area contributed by atoms with Gasteiger partial charge in [-0.15, -0.1) is 12.4 Å². The summed E-state index contributed by atoms with van der Waals surface area (Å²) < 4.78 is 1.52. The number of benzene rings is 1. The van der Waals surface area contributed by atoms with Gasteiger partial charge in [0, 0.05) is 36.4 Å². The number of hydrogen-bond acceptors (Lipinski definition) is 3. The van der Waals surface area contributed by atoms with Crippen LogP contribution in [0.2, 0.25) is 5.02 Å². The van der Waals surface area contributed by atoms with Crippen LogP contribution >= 0.6 is 24.0 Å². The predicted molar refractivity (Wildman–Crippen MR) is 102 cm³/mol. The van der Waals surface area contributed by atoms with Crippen LogP contribution in [0.5, 0.6) is 0 Å². The Morgan fingerprint density at radius 3 is 2.52 bits per heavy atom. The average Bonchev–Trinajstić information content (AvgIpc) is 2.59. The minimum absolute atomic E-state index is 0. The zero-order valence-electron chi connectivity index (χ0n) is 13.7. The van der Waals surface area contributed by atoms with Gasteiger partial charge in [-0.1, -0.05) is 29.8 Å². The molecule has 0 atom stereocenters. The summed E-state index contributed by atoms with van der Waals surface area (Å²) in [6.07, 6.45) is 3.23. The SMILES string of the molecule is Cl.NC1CCN(C(=O)c2ccc(=O)n(Cc3ccccc3Cl)c2)CC1. The highest BCUT2D eigenvalue weighted by Crippen LogP contribution is 2.16. The van der Waals surface area contributed by atoms with Crippen molar-refractivity contribution in [3.63, 3.8) is 0 Å². The third-order valence-electron chi connectivity index (χ3n) is 4.36.